The van der Waals surface area contributed by atoms with Crippen LogP contribution in [0.4, 0.5) is 5.69 Å². The highest BCUT2D eigenvalue weighted by Gasteiger charge is 2.13. The van der Waals surface area contributed by atoms with E-state index in [4.69, 9.17) is 0 Å². The van der Waals surface area contributed by atoms with Crippen molar-refractivity contribution >= 4 is 5.69 Å². The maximum absolute atomic E-state index is 10.9. The van der Waals surface area contributed by atoms with Gasteiger partial charge in [0.15, 0.2) is 12.4 Å². The summed E-state index contributed by atoms with van der Waals surface area (Å²) in [4.78, 5) is 9.99. The van der Waals surface area contributed by atoms with Gasteiger partial charge in [0.1, 0.15) is 6.10 Å². The molecule has 1 atom stereocenters. The fourth-order valence-electron chi connectivity index (χ4n) is 1.58. The van der Waals surface area contributed by atoms with Crippen LogP contribution in [0.25, 0.3) is 0 Å². The van der Waals surface area contributed by atoms with Gasteiger partial charge in [0.05, 0.1) is 4.92 Å². The maximum Gasteiger partial charge on any atom is 0.269 e. The topological polar surface area (TPSA) is 90.3 Å². The molecule has 0 amide bonds. The summed E-state index contributed by atoms with van der Waals surface area (Å²) in [5, 5.41) is 31.4. The smallest absolute Gasteiger partial charge is 0.269 e. The molecular formula is C12H10N2O4. The number of nitrogens with zero attached hydrogens (tertiary/aromatic N) is 2. The lowest BCUT2D eigenvalue weighted by molar-refractivity contribution is -0.605. The Morgan fingerprint density at radius 3 is 2.06 bits per heavy atom. The van der Waals surface area contributed by atoms with Crippen LogP contribution < -0.4 is 4.73 Å². The third-order valence-corrected chi connectivity index (χ3v) is 2.56. The molecule has 0 aliphatic heterocycles. The Morgan fingerprint density at radius 2 is 1.56 bits per heavy atom. The number of pyridine rings is 1. The largest absolute Gasteiger partial charge is 0.619 e. The summed E-state index contributed by atoms with van der Waals surface area (Å²) >= 11 is 0. The summed E-state index contributed by atoms with van der Waals surface area (Å²) in [6, 6.07) is 8.63. The van der Waals surface area contributed by atoms with Crippen LogP contribution in [0.5, 0.6) is 0 Å². The Hall–Kier alpha value is -2.47. The molecular weight excluding hydrogens is 236 g/mol. The number of hydrogen-bond donors (Lipinski definition) is 1. The standard InChI is InChI=1S/C12H10N2O4/c15-12(10-5-7-13(16)8-6-10)9-1-3-11(4-2-9)14(17)18/h1-8,12,15H. The number of non-ortho nitro benzene ring substituents is 1. The summed E-state index contributed by atoms with van der Waals surface area (Å²) in [7, 11) is 0. The van der Waals surface area contributed by atoms with Gasteiger partial charge >= 0.3 is 0 Å². The monoisotopic (exact) mass is 246 g/mol. The third-order valence-electron chi connectivity index (χ3n) is 2.56. The van der Waals surface area contributed by atoms with Gasteiger partial charge in [-0.1, -0.05) is 0 Å². The van der Waals surface area contributed by atoms with E-state index in [-0.39, 0.29) is 5.69 Å². The number of benzene rings is 1. The molecule has 1 aromatic heterocycles. The SMILES string of the molecule is O=[N+]([O-])c1ccc(C(O)c2cc[n+]([O-])cc2)cc1. The summed E-state index contributed by atoms with van der Waals surface area (Å²) in [6.45, 7) is 0. The predicted molar refractivity (Wildman–Crippen MR) is 62.6 cm³/mol. The lowest BCUT2D eigenvalue weighted by Crippen LogP contribution is -2.24. The van der Waals surface area contributed by atoms with Crippen molar-refractivity contribution in [3.8, 4) is 0 Å². The van der Waals surface area contributed by atoms with Gasteiger partial charge in [-0.25, -0.2) is 0 Å². The van der Waals surface area contributed by atoms with Crippen molar-refractivity contribution in [2.24, 2.45) is 0 Å². The first kappa shape index (κ1) is 12.0. The highest BCUT2D eigenvalue weighted by Crippen LogP contribution is 2.23. The van der Waals surface area contributed by atoms with Crippen molar-refractivity contribution in [3.05, 3.63) is 75.2 Å². The van der Waals surface area contributed by atoms with Gasteiger partial charge in [-0.3, -0.25) is 10.1 Å². The normalized spacial score (nSPS) is 12.1. The zero-order valence-corrected chi connectivity index (χ0v) is 9.26. The second-order valence-corrected chi connectivity index (χ2v) is 3.74. The predicted octanol–water partition coefficient (Wildman–Crippen LogP) is 1.31. The number of rotatable bonds is 3. The Balaban J connectivity index is 2.25. The third kappa shape index (κ3) is 2.44. The van der Waals surface area contributed by atoms with Crippen molar-refractivity contribution in [2.75, 3.05) is 0 Å². The molecule has 0 spiro atoms. The maximum atomic E-state index is 10.9. The second kappa shape index (κ2) is 4.80. The highest BCUT2D eigenvalue weighted by molar-refractivity contribution is 5.36. The van der Waals surface area contributed by atoms with Crippen molar-refractivity contribution in [1.29, 1.82) is 0 Å². The average Bonchev–Trinajstić information content (AvgIpc) is 2.39. The molecule has 1 N–H and O–H groups in total. The van der Waals surface area contributed by atoms with E-state index >= 15 is 0 Å². The number of aliphatic hydroxyl groups is 1. The Bertz CT molecular complexity index is 551. The molecule has 0 fully saturated rings. The Kier molecular flexibility index (Phi) is 3.20. The molecule has 0 aliphatic carbocycles. The number of nitro groups is 1. The van der Waals surface area contributed by atoms with Gasteiger partial charge < -0.3 is 10.3 Å². The molecule has 0 saturated carbocycles. The molecule has 18 heavy (non-hydrogen) atoms. The molecule has 1 aromatic carbocycles. The fraction of sp³-hybridized carbons (Fsp3) is 0.0833. The molecule has 2 rings (SSSR count). The first-order valence-corrected chi connectivity index (χ1v) is 5.19. The van der Waals surface area contributed by atoms with Crippen molar-refractivity contribution in [3.63, 3.8) is 0 Å². The lowest BCUT2D eigenvalue weighted by atomic mass is 10.0. The van der Waals surface area contributed by atoms with Gasteiger partial charge in [-0.2, -0.15) is 4.73 Å². The van der Waals surface area contributed by atoms with Crippen LogP contribution in [0, 0.1) is 15.3 Å². The van der Waals surface area contributed by atoms with Crippen molar-refractivity contribution in [2.45, 2.75) is 6.10 Å². The van der Waals surface area contributed by atoms with Crippen LogP contribution in [-0.4, -0.2) is 10.0 Å². The number of aliphatic hydroxyl groups excluding tert-OH is 1. The average molecular weight is 246 g/mol. The van der Waals surface area contributed by atoms with Gasteiger partial charge in [-0.15, -0.1) is 0 Å². The number of nitro benzene ring substituents is 1. The van der Waals surface area contributed by atoms with Gasteiger partial charge in [0.2, 0.25) is 0 Å². The second-order valence-electron chi connectivity index (χ2n) is 3.74. The van der Waals surface area contributed by atoms with Crippen LogP contribution in [0.2, 0.25) is 0 Å². The van der Waals surface area contributed by atoms with Gasteiger partial charge in [0, 0.05) is 24.3 Å². The zero-order chi connectivity index (χ0) is 13.1. The Labute approximate surface area is 102 Å². The van der Waals surface area contributed by atoms with E-state index in [1.54, 1.807) is 0 Å². The first-order chi connectivity index (χ1) is 8.58. The van der Waals surface area contributed by atoms with E-state index in [1.807, 2.05) is 0 Å². The minimum Gasteiger partial charge on any atom is -0.619 e. The van der Waals surface area contributed by atoms with Crippen molar-refractivity contribution in [1.82, 2.24) is 0 Å². The highest BCUT2D eigenvalue weighted by atomic mass is 16.6. The van der Waals surface area contributed by atoms with Crippen LogP contribution in [0.15, 0.2) is 48.8 Å². The molecule has 0 radical (unpaired) electrons. The lowest BCUT2D eigenvalue weighted by Gasteiger charge is -2.10. The van der Waals surface area contributed by atoms with Crippen LogP contribution in [0.1, 0.15) is 17.2 Å². The molecule has 0 bridgehead atoms. The molecule has 0 aliphatic rings. The number of hydrogen-bond acceptors (Lipinski definition) is 4. The molecule has 6 nitrogen and oxygen atoms in total. The summed E-state index contributed by atoms with van der Waals surface area (Å²) in [6.07, 6.45) is 1.65. The van der Waals surface area contributed by atoms with E-state index in [0.29, 0.717) is 15.9 Å². The molecule has 1 unspecified atom stereocenters. The fourth-order valence-corrected chi connectivity index (χ4v) is 1.58. The summed E-state index contributed by atoms with van der Waals surface area (Å²) < 4.78 is 0.617. The van der Waals surface area contributed by atoms with E-state index in [1.165, 1.54) is 48.8 Å². The van der Waals surface area contributed by atoms with E-state index < -0.39 is 11.0 Å². The van der Waals surface area contributed by atoms with Gasteiger partial charge in [0.25, 0.3) is 5.69 Å². The Morgan fingerprint density at radius 1 is 1.06 bits per heavy atom. The summed E-state index contributed by atoms with van der Waals surface area (Å²) in [5.74, 6) is 0. The molecule has 2 aromatic rings. The minimum atomic E-state index is -0.910. The zero-order valence-electron chi connectivity index (χ0n) is 9.26. The first-order valence-electron chi connectivity index (χ1n) is 5.19. The molecule has 0 saturated heterocycles. The van der Waals surface area contributed by atoms with E-state index in [2.05, 4.69) is 0 Å². The number of aromatic nitrogens is 1. The quantitative estimate of drug-likeness (QED) is 0.382. The molecule has 92 valence electrons. The van der Waals surface area contributed by atoms with E-state index in [0.717, 1.165) is 0 Å². The molecule has 1 heterocycles. The van der Waals surface area contributed by atoms with E-state index in [9.17, 15) is 20.4 Å². The molecule has 6 heteroatoms. The minimum absolute atomic E-state index is 0.0311. The van der Waals surface area contributed by atoms with Crippen molar-refractivity contribution < 1.29 is 14.8 Å². The van der Waals surface area contributed by atoms with Crippen LogP contribution >= 0.6 is 0 Å². The van der Waals surface area contributed by atoms with Crippen LogP contribution in [-0.2, 0) is 0 Å². The van der Waals surface area contributed by atoms with Crippen LogP contribution in [0.3, 0.4) is 0 Å². The van der Waals surface area contributed by atoms with Gasteiger partial charge in [-0.05, 0) is 23.3 Å². The summed E-state index contributed by atoms with van der Waals surface area (Å²) in [5.41, 5.74) is 1.05.